The number of nitrogens with zero attached hydrogens (tertiary/aromatic N) is 2. The fourth-order valence-corrected chi connectivity index (χ4v) is 5.27. The van der Waals surface area contributed by atoms with Crippen LogP contribution in [0.4, 0.5) is 0 Å². The Labute approximate surface area is 307 Å². The van der Waals surface area contributed by atoms with Gasteiger partial charge in [0.25, 0.3) is 5.91 Å². The lowest BCUT2D eigenvalue weighted by Gasteiger charge is -2.35. The number of esters is 1. The van der Waals surface area contributed by atoms with Gasteiger partial charge in [0.2, 0.25) is 15.6 Å². The molecule has 1 aliphatic rings. The summed E-state index contributed by atoms with van der Waals surface area (Å²) in [6, 6.07) is 6.53. The average molecular weight is 755 g/mol. The Morgan fingerprint density at radius 3 is 2.38 bits per heavy atom. The van der Waals surface area contributed by atoms with E-state index in [2.05, 4.69) is 21.0 Å². The van der Waals surface area contributed by atoms with Gasteiger partial charge in [0.05, 0.1) is 29.2 Å². The summed E-state index contributed by atoms with van der Waals surface area (Å²) in [7, 11) is 1.39. The van der Waals surface area contributed by atoms with E-state index in [0.717, 1.165) is 16.5 Å². The summed E-state index contributed by atoms with van der Waals surface area (Å²) in [5, 5.41) is 7.71. The molecule has 3 N–H and O–H groups in total. The number of carbonyl (C=O) groups is 5. The van der Waals surface area contributed by atoms with Crippen LogP contribution >= 0.6 is 34.8 Å². The van der Waals surface area contributed by atoms with Gasteiger partial charge in [-0.25, -0.2) is 5.43 Å². The number of benzene rings is 1. The van der Waals surface area contributed by atoms with Crippen LogP contribution in [0, 0.1) is 11.3 Å². The van der Waals surface area contributed by atoms with Gasteiger partial charge < -0.3 is 20.1 Å². The first-order chi connectivity index (χ1) is 23.3. The molecular formula is C35H46Cl3N5O7. The Morgan fingerprint density at radius 1 is 1.08 bits per heavy atom. The number of ether oxygens (including phenoxy) is 2. The second-order valence-corrected chi connectivity index (χ2v) is 15.8. The van der Waals surface area contributed by atoms with Crippen molar-refractivity contribution in [2.24, 2.45) is 11.3 Å². The van der Waals surface area contributed by atoms with E-state index in [1.807, 2.05) is 43.3 Å². The van der Waals surface area contributed by atoms with E-state index >= 15 is 0 Å². The summed E-state index contributed by atoms with van der Waals surface area (Å²) in [5.74, 6) is -2.82. The number of hydrogen-bond acceptors (Lipinski definition) is 9. The SMILES string of the molecule is COC[C@H](NC(=O)[C@@H](NC(=O)C(C)(C)/C=C/c1ccc2ccc([C@@H](C)C(C)=O)nc2c1)C(C)C)C(=O)N1CCC[C@@H](C(=O)OCC(Cl)(Cl)Cl)N1. The maximum absolute atomic E-state index is 13.6. The first-order valence-corrected chi connectivity index (χ1v) is 17.5. The van der Waals surface area contributed by atoms with Crippen molar-refractivity contribution in [2.75, 3.05) is 26.9 Å². The molecule has 1 aromatic carbocycles. The first-order valence-electron chi connectivity index (χ1n) is 16.3. The quantitative estimate of drug-likeness (QED) is 0.185. The smallest absolute Gasteiger partial charge is 0.325 e. The number of rotatable bonds is 14. The van der Waals surface area contributed by atoms with Crippen LogP contribution in [0.5, 0.6) is 0 Å². The van der Waals surface area contributed by atoms with Crippen molar-refractivity contribution in [3.8, 4) is 0 Å². The van der Waals surface area contributed by atoms with Gasteiger partial charge in [-0.15, -0.1) is 0 Å². The molecule has 50 heavy (non-hydrogen) atoms. The molecule has 2 heterocycles. The number of ketones is 1. The third-order valence-electron chi connectivity index (χ3n) is 8.37. The summed E-state index contributed by atoms with van der Waals surface area (Å²) in [5.41, 5.74) is 4.03. The van der Waals surface area contributed by atoms with Crippen LogP contribution < -0.4 is 16.1 Å². The number of hydrogen-bond donors (Lipinski definition) is 3. The molecule has 0 radical (unpaired) electrons. The van der Waals surface area contributed by atoms with Crippen LogP contribution in [-0.4, -0.2) is 88.3 Å². The number of fused-ring (bicyclic) bond motifs is 1. The molecule has 1 fully saturated rings. The highest BCUT2D eigenvalue weighted by atomic mass is 35.6. The van der Waals surface area contributed by atoms with Crippen LogP contribution in [0.2, 0.25) is 0 Å². The highest BCUT2D eigenvalue weighted by molar-refractivity contribution is 6.67. The molecule has 12 nitrogen and oxygen atoms in total. The summed E-state index contributed by atoms with van der Waals surface area (Å²) in [6.45, 7) is 10.0. The average Bonchev–Trinajstić information content (AvgIpc) is 3.06. The highest BCUT2D eigenvalue weighted by Gasteiger charge is 2.37. The molecule has 15 heteroatoms. The van der Waals surface area contributed by atoms with Gasteiger partial charge in [0.1, 0.15) is 30.5 Å². The van der Waals surface area contributed by atoms with Crippen molar-refractivity contribution in [1.29, 1.82) is 0 Å². The lowest BCUT2D eigenvalue weighted by molar-refractivity contribution is -0.153. The van der Waals surface area contributed by atoms with Gasteiger partial charge in [-0.2, -0.15) is 0 Å². The van der Waals surface area contributed by atoms with Gasteiger partial charge in [-0.1, -0.05) is 79.0 Å². The van der Waals surface area contributed by atoms with E-state index in [1.54, 1.807) is 33.8 Å². The lowest BCUT2D eigenvalue weighted by atomic mass is 9.89. The number of halogens is 3. The normalized spacial score (nSPS) is 17.3. The van der Waals surface area contributed by atoms with E-state index < -0.39 is 57.6 Å². The zero-order valence-corrected chi connectivity index (χ0v) is 31.6. The Bertz CT molecular complexity index is 1590. The zero-order chi connectivity index (χ0) is 37.4. The molecule has 274 valence electrons. The number of methoxy groups -OCH3 is 1. The Morgan fingerprint density at radius 2 is 1.76 bits per heavy atom. The summed E-state index contributed by atoms with van der Waals surface area (Å²) >= 11 is 17.0. The Kier molecular flexibility index (Phi) is 14.6. The fourth-order valence-electron chi connectivity index (χ4n) is 5.11. The predicted octanol–water partition coefficient (Wildman–Crippen LogP) is 4.65. The largest absolute Gasteiger partial charge is 0.460 e. The van der Waals surface area contributed by atoms with Crippen LogP contribution in [0.3, 0.4) is 0 Å². The van der Waals surface area contributed by atoms with Gasteiger partial charge in [0.15, 0.2) is 0 Å². The van der Waals surface area contributed by atoms with Crippen LogP contribution in [0.1, 0.15) is 71.6 Å². The standard InChI is InChI=1S/C35H46Cl3N5O7/c1-20(2)29(30(45)40-28(18-49-7)31(46)43-16-8-9-26(42-43)32(47)50-19-35(36,37)38)41-33(48)34(5,6)15-14-23-10-11-24-12-13-25(21(3)22(4)44)39-27(24)17-23/h10-15,17,20-21,26,28-29,42H,8-9,16,18-19H2,1-7H3,(H,40,45)(H,41,48)/b15-14+/t21-,26-,28-,29-/m0/s1. The second-order valence-electron chi connectivity index (χ2n) is 13.3. The van der Waals surface area contributed by atoms with E-state index in [9.17, 15) is 24.0 Å². The number of carbonyl (C=O) groups excluding carboxylic acids is 5. The number of pyridine rings is 1. The van der Waals surface area contributed by atoms with E-state index in [-0.39, 0.29) is 30.8 Å². The summed E-state index contributed by atoms with van der Waals surface area (Å²) < 4.78 is 8.51. The Balaban J connectivity index is 1.69. The third-order valence-corrected chi connectivity index (χ3v) is 8.69. The van der Waals surface area contributed by atoms with E-state index in [0.29, 0.717) is 18.5 Å². The predicted molar refractivity (Wildman–Crippen MR) is 193 cm³/mol. The zero-order valence-electron chi connectivity index (χ0n) is 29.3. The summed E-state index contributed by atoms with van der Waals surface area (Å²) in [6.07, 6.45) is 4.41. The molecule has 3 rings (SSSR count). The number of hydrazine groups is 1. The van der Waals surface area contributed by atoms with Gasteiger partial charge in [-0.3, -0.25) is 34.0 Å². The van der Waals surface area contributed by atoms with Gasteiger partial charge in [0, 0.05) is 19.0 Å². The van der Waals surface area contributed by atoms with Crippen LogP contribution in [-0.2, 0) is 33.4 Å². The van der Waals surface area contributed by atoms with Crippen molar-refractivity contribution in [3.63, 3.8) is 0 Å². The molecule has 4 atom stereocenters. The molecule has 0 unspecified atom stereocenters. The van der Waals surface area contributed by atoms with Gasteiger partial charge >= 0.3 is 5.97 Å². The highest BCUT2D eigenvalue weighted by Crippen LogP contribution is 2.27. The number of aromatic nitrogens is 1. The molecule has 0 aliphatic carbocycles. The molecule has 0 saturated carbocycles. The van der Waals surface area contributed by atoms with Crippen molar-refractivity contribution in [3.05, 3.63) is 47.7 Å². The number of Topliss-reactive ketones (excluding diaryl/α,β-unsaturated/α-hetero) is 1. The summed E-state index contributed by atoms with van der Waals surface area (Å²) in [4.78, 5) is 69.7. The first kappa shape index (κ1) is 41.1. The molecule has 0 bridgehead atoms. The molecule has 0 spiro atoms. The van der Waals surface area contributed by atoms with Crippen molar-refractivity contribution in [1.82, 2.24) is 26.1 Å². The third kappa shape index (κ3) is 11.6. The number of amides is 3. The molecule has 2 aromatic rings. The molecule has 3 amide bonds. The molecular weight excluding hydrogens is 709 g/mol. The second kappa shape index (κ2) is 17.8. The van der Waals surface area contributed by atoms with Crippen molar-refractivity contribution < 1.29 is 33.4 Å². The Hall–Kier alpha value is -3.29. The minimum atomic E-state index is -1.78. The number of alkyl halides is 3. The molecule has 1 aromatic heterocycles. The van der Waals surface area contributed by atoms with Crippen molar-refractivity contribution in [2.45, 2.75) is 82.2 Å². The van der Waals surface area contributed by atoms with Crippen molar-refractivity contribution >= 4 is 81.3 Å². The maximum Gasteiger partial charge on any atom is 0.325 e. The molecule has 1 aliphatic heterocycles. The van der Waals surface area contributed by atoms with Gasteiger partial charge in [-0.05, 0) is 64.2 Å². The topological polar surface area (TPSA) is 156 Å². The van der Waals surface area contributed by atoms with E-state index in [1.165, 1.54) is 19.0 Å². The van der Waals surface area contributed by atoms with E-state index in [4.69, 9.17) is 44.3 Å². The monoisotopic (exact) mass is 753 g/mol. The number of nitrogens with one attached hydrogen (secondary N) is 3. The molecule has 1 saturated heterocycles. The van der Waals surface area contributed by atoms with Crippen LogP contribution in [0.25, 0.3) is 17.0 Å². The van der Waals surface area contributed by atoms with Crippen LogP contribution in [0.15, 0.2) is 36.4 Å². The maximum atomic E-state index is 13.6. The minimum Gasteiger partial charge on any atom is -0.460 e. The minimum absolute atomic E-state index is 0.0294. The fraction of sp³-hybridized carbons (Fsp3) is 0.543. The lowest BCUT2D eigenvalue weighted by Crippen LogP contribution is -2.62.